The van der Waals surface area contributed by atoms with Gasteiger partial charge in [0, 0.05) is 28.0 Å². The fourth-order valence-corrected chi connectivity index (χ4v) is 5.04. The molecule has 0 radical (unpaired) electrons. The zero-order valence-corrected chi connectivity index (χ0v) is 16.6. The average Bonchev–Trinajstić information content (AvgIpc) is 3.03. The lowest BCUT2D eigenvalue weighted by Gasteiger charge is -2.35. The Morgan fingerprint density at radius 3 is 2.48 bits per heavy atom. The van der Waals surface area contributed by atoms with E-state index in [-0.39, 0.29) is 21.8 Å². The fourth-order valence-electron chi connectivity index (χ4n) is 3.70. The second kappa shape index (κ2) is 7.26. The van der Waals surface area contributed by atoms with Gasteiger partial charge in [-0.15, -0.1) is 0 Å². The first-order chi connectivity index (χ1) is 13.8. The van der Waals surface area contributed by atoms with Gasteiger partial charge in [-0.1, -0.05) is 23.0 Å². The number of amidine groups is 1. The minimum absolute atomic E-state index is 0.228. The molecule has 1 aliphatic rings. The van der Waals surface area contributed by atoms with E-state index in [0.29, 0.717) is 23.4 Å². The maximum Gasteiger partial charge on any atom is 0.155 e. The number of nitrogens with zero attached hydrogens (tertiary/aromatic N) is 2. The van der Waals surface area contributed by atoms with Gasteiger partial charge in [0.05, 0.1) is 5.54 Å². The smallest absolute Gasteiger partial charge is 0.155 e. The lowest BCUT2D eigenvalue weighted by atomic mass is 9.85. The van der Waals surface area contributed by atoms with Crippen LogP contribution in [0.2, 0.25) is 0 Å². The van der Waals surface area contributed by atoms with Crippen LogP contribution in [0.4, 0.5) is 13.2 Å². The molecule has 0 saturated carbocycles. The zero-order valence-electron chi connectivity index (χ0n) is 15.7. The molecular formula is C21H18F3N3OS. The van der Waals surface area contributed by atoms with Crippen molar-refractivity contribution in [2.75, 3.05) is 0 Å². The first-order valence-corrected chi connectivity index (χ1v) is 9.84. The third kappa shape index (κ3) is 3.64. The lowest BCUT2D eigenvalue weighted by Crippen LogP contribution is -2.31. The number of hydrogen-bond acceptors (Lipinski definition) is 5. The van der Waals surface area contributed by atoms with Crippen LogP contribution in [0.5, 0.6) is 0 Å². The topological polar surface area (TPSA) is 64.4 Å². The summed E-state index contributed by atoms with van der Waals surface area (Å²) in [5, 5.41) is 4.21. The number of hydrogen-bond donors (Lipinski definition) is 1. The molecule has 4 rings (SSSR count). The summed E-state index contributed by atoms with van der Waals surface area (Å²) in [5.41, 5.74) is 7.47. The molecule has 3 aromatic rings. The molecule has 0 spiro atoms. The number of thioether (sulfide) groups is 1. The number of nitrogens with two attached hydrogens (primary N) is 1. The van der Waals surface area contributed by atoms with Gasteiger partial charge in [0.15, 0.2) is 5.17 Å². The molecule has 8 heteroatoms. The number of halogens is 3. The summed E-state index contributed by atoms with van der Waals surface area (Å²) in [6.45, 7) is 3.55. The molecule has 2 atom stereocenters. The van der Waals surface area contributed by atoms with Gasteiger partial charge >= 0.3 is 0 Å². The second-order valence-corrected chi connectivity index (χ2v) is 8.39. The largest absolute Gasteiger partial charge is 0.378 e. The van der Waals surface area contributed by atoms with E-state index in [1.807, 2.05) is 0 Å². The maximum absolute atomic E-state index is 14.5. The molecule has 4 nitrogen and oxygen atoms in total. The molecule has 29 heavy (non-hydrogen) atoms. The Morgan fingerprint density at radius 2 is 1.79 bits per heavy atom. The van der Waals surface area contributed by atoms with Crippen molar-refractivity contribution in [3.05, 3.63) is 76.8 Å². The van der Waals surface area contributed by atoms with E-state index in [2.05, 4.69) is 10.1 Å². The van der Waals surface area contributed by atoms with Gasteiger partial charge in [-0.3, -0.25) is 4.99 Å². The summed E-state index contributed by atoms with van der Waals surface area (Å²) in [6, 6.07) is 9.41. The molecule has 0 aliphatic carbocycles. The van der Waals surface area contributed by atoms with Crippen LogP contribution in [0.15, 0.2) is 52.0 Å². The normalized spacial score (nSPS) is 21.8. The van der Waals surface area contributed by atoms with Gasteiger partial charge < -0.3 is 10.3 Å². The third-order valence-corrected chi connectivity index (χ3v) is 6.08. The summed E-state index contributed by atoms with van der Waals surface area (Å²) in [4.78, 5) is 4.47. The Balaban J connectivity index is 1.77. The highest BCUT2D eigenvalue weighted by molar-refractivity contribution is 8.14. The van der Waals surface area contributed by atoms with E-state index in [9.17, 15) is 13.2 Å². The van der Waals surface area contributed by atoms with E-state index >= 15 is 0 Å². The minimum Gasteiger partial charge on any atom is -0.378 e. The first-order valence-electron chi connectivity index (χ1n) is 8.96. The summed E-state index contributed by atoms with van der Waals surface area (Å²) in [7, 11) is 0. The van der Waals surface area contributed by atoms with E-state index in [1.165, 1.54) is 36.0 Å². The number of benzene rings is 2. The molecule has 1 aliphatic heterocycles. The van der Waals surface area contributed by atoms with Crippen LogP contribution < -0.4 is 5.73 Å². The molecule has 0 unspecified atom stereocenters. The maximum atomic E-state index is 14.5. The Hall–Kier alpha value is -2.74. The van der Waals surface area contributed by atoms with Crippen molar-refractivity contribution < 1.29 is 17.7 Å². The molecule has 0 amide bonds. The number of aryl methyl sites for hydroxylation is 1. The standard InChI is InChI=1S/C21H18F3N3OS/c1-11-18(19(27-28-11)12-3-5-13(22)6-4-12)17-10-21(2,26-20(25)29-17)15-8-7-14(23)9-16(15)24/h3-9,17H,10H2,1-2H3,(H2,25,26)/t17-,21-/m0/s1. The van der Waals surface area contributed by atoms with E-state index in [1.54, 1.807) is 26.0 Å². The molecule has 1 aromatic heterocycles. The highest BCUT2D eigenvalue weighted by Crippen LogP contribution is 2.49. The van der Waals surface area contributed by atoms with Crippen LogP contribution in [-0.2, 0) is 5.54 Å². The molecule has 0 fully saturated rings. The van der Waals surface area contributed by atoms with Gasteiger partial charge in [0.25, 0.3) is 0 Å². The Kier molecular flexibility index (Phi) is 4.90. The quantitative estimate of drug-likeness (QED) is 0.613. The highest BCUT2D eigenvalue weighted by Gasteiger charge is 2.39. The van der Waals surface area contributed by atoms with Crippen molar-refractivity contribution in [3.8, 4) is 11.3 Å². The van der Waals surface area contributed by atoms with Crippen LogP contribution in [-0.4, -0.2) is 10.3 Å². The monoisotopic (exact) mass is 417 g/mol. The van der Waals surface area contributed by atoms with Crippen molar-refractivity contribution >= 4 is 16.9 Å². The minimum atomic E-state index is -0.985. The van der Waals surface area contributed by atoms with Crippen LogP contribution in [0.25, 0.3) is 11.3 Å². The molecule has 2 aromatic carbocycles. The summed E-state index contributed by atoms with van der Waals surface area (Å²) in [6.07, 6.45) is 0.400. The number of rotatable bonds is 3. The van der Waals surface area contributed by atoms with Gasteiger partial charge in [-0.25, -0.2) is 13.2 Å². The van der Waals surface area contributed by atoms with Crippen LogP contribution >= 0.6 is 11.8 Å². The van der Waals surface area contributed by atoms with Crippen molar-refractivity contribution in [3.63, 3.8) is 0 Å². The SMILES string of the molecule is Cc1onc(-c2ccc(F)cc2)c1[C@@H]1C[C@@](C)(c2ccc(F)cc2F)N=C(N)S1. The van der Waals surface area contributed by atoms with E-state index in [0.717, 1.165) is 11.6 Å². The molecule has 2 N–H and O–H groups in total. The average molecular weight is 417 g/mol. The summed E-state index contributed by atoms with van der Waals surface area (Å²) < 4.78 is 46.6. The summed E-state index contributed by atoms with van der Waals surface area (Å²) >= 11 is 1.33. The van der Waals surface area contributed by atoms with E-state index < -0.39 is 17.2 Å². The predicted molar refractivity (Wildman–Crippen MR) is 107 cm³/mol. The molecular weight excluding hydrogens is 399 g/mol. The lowest BCUT2D eigenvalue weighted by molar-refractivity contribution is 0.393. The van der Waals surface area contributed by atoms with Crippen molar-refractivity contribution in [2.24, 2.45) is 10.7 Å². The summed E-state index contributed by atoms with van der Waals surface area (Å²) in [5.74, 6) is -1.07. The zero-order chi connectivity index (χ0) is 20.8. The van der Waals surface area contributed by atoms with Crippen molar-refractivity contribution in [1.29, 1.82) is 0 Å². The fraction of sp³-hybridized carbons (Fsp3) is 0.238. The Morgan fingerprint density at radius 1 is 1.10 bits per heavy atom. The van der Waals surface area contributed by atoms with E-state index in [4.69, 9.17) is 10.3 Å². The molecule has 2 heterocycles. The van der Waals surface area contributed by atoms with Crippen LogP contribution in [0.1, 0.15) is 35.5 Å². The van der Waals surface area contributed by atoms with Crippen LogP contribution in [0.3, 0.4) is 0 Å². The Bertz CT molecular complexity index is 1100. The van der Waals surface area contributed by atoms with Gasteiger partial charge in [0.2, 0.25) is 0 Å². The predicted octanol–water partition coefficient (Wildman–Crippen LogP) is 5.48. The second-order valence-electron chi connectivity index (χ2n) is 7.17. The molecule has 0 bridgehead atoms. The number of aliphatic imine (C=N–C) groups is 1. The third-order valence-electron chi connectivity index (χ3n) is 5.06. The molecule has 0 saturated heterocycles. The van der Waals surface area contributed by atoms with Gasteiger partial charge in [-0.05, 0) is 50.6 Å². The van der Waals surface area contributed by atoms with Crippen molar-refractivity contribution in [1.82, 2.24) is 5.16 Å². The number of aromatic nitrogens is 1. The molecule has 150 valence electrons. The van der Waals surface area contributed by atoms with Gasteiger partial charge in [-0.2, -0.15) is 0 Å². The highest BCUT2D eigenvalue weighted by atomic mass is 32.2. The van der Waals surface area contributed by atoms with Gasteiger partial charge in [0.1, 0.15) is 28.9 Å². The Labute approximate surface area is 170 Å². The first kappa shape index (κ1) is 19.6. The van der Waals surface area contributed by atoms with Crippen molar-refractivity contribution in [2.45, 2.75) is 31.1 Å². The van der Waals surface area contributed by atoms with Crippen LogP contribution in [0, 0.1) is 24.4 Å².